The maximum Gasteiger partial charge on any atom is 0.347 e. The first kappa shape index (κ1) is 13.4. The highest BCUT2D eigenvalue weighted by Gasteiger charge is 2.13. The van der Waals surface area contributed by atoms with Crippen molar-refractivity contribution in [2.45, 2.75) is 13.5 Å². The number of thiazole rings is 1. The maximum atomic E-state index is 10.9. The van der Waals surface area contributed by atoms with E-state index in [1.807, 2.05) is 6.92 Å². The van der Waals surface area contributed by atoms with Crippen LogP contribution in [0.4, 0.5) is 0 Å². The summed E-state index contributed by atoms with van der Waals surface area (Å²) in [5, 5.41) is 8.95. The third-order valence-electron chi connectivity index (χ3n) is 2.35. The first-order chi connectivity index (χ1) is 9.20. The van der Waals surface area contributed by atoms with Crippen LogP contribution in [0, 0.1) is 0 Å². The number of nitrogens with zero attached hydrogens (tertiary/aromatic N) is 1. The molecule has 0 radical (unpaired) electrons. The molecule has 0 amide bonds. The Balaban J connectivity index is 1.98. The van der Waals surface area contributed by atoms with Gasteiger partial charge in [0, 0.05) is 0 Å². The highest BCUT2D eigenvalue weighted by molar-refractivity contribution is 7.11. The molecular formula is C13H13NO4S. The number of carboxylic acids is 1. The van der Waals surface area contributed by atoms with E-state index in [2.05, 4.69) is 4.98 Å². The molecule has 0 unspecified atom stereocenters. The monoisotopic (exact) mass is 279 g/mol. The normalized spacial score (nSPS) is 10.2. The Morgan fingerprint density at radius 2 is 1.89 bits per heavy atom. The van der Waals surface area contributed by atoms with E-state index in [0.717, 1.165) is 17.1 Å². The van der Waals surface area contributed by atoms with Gasteiger partial charge in [-0.25, -0.2) is 9.78 Å². The van der Waals surface area contributed by atoms with Gasteiger partial charge in [0.05, 0.1) is 12.1 Å². The lowest BCUT2D eigenvalue weighted by molar-refractivity contribution is 0.0699. The maximum absolute atomic E-state index is 10.9. The highest BCUT2D eigenvalue weighted by Crippen LogP contribution is 2.20. The summed E-state index contributed by atoms with van der Waals surface area (Å²) in [7, 11) is 0. The second-order valence-corrected chi connectivity index (χ2v) is 4.48. The van der Waals surface area contributed by atoms with Crippen LogP contribution in [-0.2, 0) is 6.61 Å². The Morgan fingerprint density at radius 1 is 1.26 bits per heavy atom. The molecule has 0 fully saturated rings. The van der Waals surface area contributed by atoms with Crippen molar-refractivity contribution < 1.29 is 19.4 Å². The first-order valence-electron chi connectivity index (χ1n) is 5.72. The number of ether oxygens (including phenoxy) is 2. The Labute approximate surface area is 114 Å². The van der Waals surface area contributed by atoms with Crippen molar-refractivity contribution in [1.82, 2.24) is 4.98 Å². The molecule has 19 heavy (non-hydrogen) atoms. The van der Waals surface area contributed by atoms with Crippen LogP contribution in [-0.4, -0.2) is 22.7 Å². The molecule has 1 heterocycles. The lowest BCUT2D eigenvalue weighted by Gasteiger charge is -2.07. The summed E-state index contributed by atoms with van der Waals surface area (Å²) in [5.41, 5.74) is 1.94. The van der Waals surface area contributed by atoms with Crippen molar-refractivity contribution in [1.29, 1.82) is 0 Å². The summed E-state index contributed by atoms with van der Waals surface area (Å²) in [6.07, 6.45) is 0. The number of carboxylic acid groups (broad SMARTS) is 1. The zero-order valence-electron chi connectivity index (χ0n) is 10.3. The predicted octanol–water partition coefficient (Wildman–Crippen LogP) is 2.82. The Hall–Kier alpha value is -2.08. The summed E-state index contributed by atoms with van der Waals surface area (Å²) < 4.78 is 10.8. The van der Waals surface area contributed by atoms with Crippen molar-refractivity contribution >= 4 is 17.3 Å². The molecule has 0 bridgehead atoms. The van der Waals surface area contributed by atoms with Gasteiger partial charge in [0.1, 0.15) is 28.7 Å². The van der Waals surface area contributed by atoms with Gasteiger partial charge in [-0.3, -0.25) is 0 Å². The summed E-state index contributed by atoms with van der Waals surface area (Å²) >= 11 is 1.09. The van der Waals surface area contributed by atoms with Crippen molar-refractivity contribution in [2.24, 2.45) is 0 Å². The zero-order valence-corrected chi connectivity index (χ0v) is 11.1. The molecule has 1 aromatic heterocycles. The summed E-state index contributed by atoms with van der Waals surface area (Å²) in [6, 6.07) is 7.16. The molecule has 0 spiro atoms. The van der Waals surface area contributed by atoms with Crippen molar-refractivity contribution in [3.63, 3.8) is 0 Å². The predicted molar refractivity (Wildman–Crippen MR) is 71.0 cm³/mol. The fourth-order valence-corrected chi connectivity index (χ4v) is 2.13. The van der Waals surface area contributed by atoms with Gasteiger partial charge in [0.25, 0.3) is 0 Å². The molecule has 5 nitrogen and oxygen atoms in total. The van der Waals surface area contributed by atoms with Crippen LogP contribution < -0.4 is 9.47 Å². The molecule has 2 rings (SSSR count). The minimum atomic E-state index is -0.979. The van der Waals surface area contributed by atoms with Gasteiger partial charge in [0.2, 0.25) is 0 Å². The Bertz CT molecular complexity index is 550. The molecule has 2 aromatic rings. The van der Waals surface area contributed by atoms with E-state index in [-0.39, 0.29) is 11.5 Å². The number of carbonyl (C=O) groups is 1. The second kappa shape index (κ2) is 6.19. The Morgan fingerprint density at radius 3 is 2.47 bits per heavy atom. The van der Waals surface area contributed by atoms with Crippen molar-refractivity contribution in [3.8, 4) is 11.5 Å². The van der Waals surface area contributed by atoms with Crippen molar-refractivity contribution in [2.75, 3.05) is 6.61 Å². The van der Waals surface area contributed by atoms with E-state index in [9.17, 15) is 4.79 Å². The lowest BCUT2D eigenvalue weighted by Crippen LogP contribution is -2.03. The van der Waals surface area contributed by atoms with Gasteiger partial charge in [-0.05, 0) is 31.2 Å². The van der Waals surface area contributed by atoms with E-state index < -0.39 is 5.97 Å². The molecule has 0 saturated heterocycles. The fourth-order valence-electron chi connectivity index (χ4n) is 1.50. The van der Waals surface area contributed by atoms with Crippen LogP contribution in [0.15, 0.2) is 29.8 Å². The van der Waals surface area contributed by atoms with E-state index in [1.54, 1.807) is 24.3 Å². The molecule has 1 aromatic carbocycles. The zero-order chi connectivity index (χ0) is 13.7. The minimum absolute atomic E-state index is 0.138. The first-order valence-corrected chi connectivity index (χ1v) is 6.60. The van der Waals surface area contributed by atoms with Gasteiger partial charge >= 0.3 is 5.97 Å². The summed E-state index contributed by atoms with van der Waals surface area (Å²) in [6.45, 7) is 2.67. The Kier molecular flexibility index (Phi) is 4.35. The molecule has 0 aliphatic rings. The van der Waals surface area contributed by atoms with Crippen LogP contribution in [0.2, 0.25) is 0 Å². The second-order valence-electron chi connectivity index (χ2n) is 3.63. The average molecular weight is 279 g/mol. The van der Waals surface area contributed by atoms with E-state index in [0.29, 0.717) is 18.1 Å². The van der Waals surface area contributed by atoms with E-state index >= 15 is 0 Å². The number of hydrogen-bond donors (Lipinski definition) is 1. The molecule has 6 heteroatoms. The molecule has 0 aliphatic carbocycles. The van der Waals surface area contributed by atoms with Crippen LogP contribution in [0.3, 0.4) is 0 Å². The molecule has 0 aliphatic heterocycles. The van der Waals surface area contributed by atoms with Gasteiger partial charge in [-0.15, -0.1) is 11.3 Å². The van der Waals surface area contributed by atoms with Gasteiger partial charge in [0.15, 0.2) is 0 Å². The average Bonchev–Trinajstić information content (AvgIpc) is 2.87. The molecule has 1 N–H and O–H groups in total. The number of aromatic carboxylic acids is 1. The van der Waals surface area contributed by atoms with E-state index in [1.165, 1.54) is 5.51 Å². The summed E-state index contributed by atoms with van der Waals surface area (Å²) in [4.78, 5) is 15.1. The quantitative estimate of drug-likeness (QED) is 0.880. The number of rotatable bonds is 6. The smallest absolute Gasteiger partial charge is 0.347 e. The number of hydrogen-bond acceptors (Lipinski definition) is 5. The van der Waals surface area contributed by atoms with E-state index in [4.69, 9.17) is 14.6 Å². The van der Waals surface area contributed by atoms with Gasteiger partial charge in [-0.2, -0.15) is 0 Å². The molecular weight excluding hydrogens is 266 g/mol. The van der Waals surface area contributed by atoms with Crippen LogP contribution >= 0.6 is 11.3 Å². The molecule has 0 atom stereocenters. The molecule has 100 valence electrons. The van der Waals surface area contributed by atoms with Gasteiger partial charge < -0.3 is 14.6 Å². The van der Waals surface area contributed by atoms with Crippen LogP contribution in [0.25, 0.3) is 0 Å². The third kappa shape index (κ3) is 3.45. The number of benzene rings is 1. The largest absolute Gasteiger partial charge is 0.494 e. The topological polar surface area (TPSA) is 68.7 Å². The minimum Gasteiger partial charge on any atom is -0.494 e. The molecule has 0 saturated carbocycles. The fraction of sp³-hybridized carbons (Fsp3) is 0.231. The lowest BCUT2D eigenvalue weighted by atomic mass is 10.3. The number of aromatic nitrogens is 1. The van der Waals surface area contributed by atoms with Gasteiger partial charge in [-0.1, -0.05) is 0 Å². The highest BCUT2D eigenvalue weighted by atomic mass is 32.1. The van der Waals surface area contributed by atoms with Crippen molar-refractivity contribution in [3.05, 3.63) is 40.3 Å². The van der Waals surface area contributed by atoms with Crippen LogP contribution in [0.1, 0.15) is 22.3 Å². The third-order valence-corrected chi connectivity index (χ3v) is 3.20. The standard InChI is InChI=1S/C13H13NO4S/c1-2-17-9-3-5-10(6-4-9)18-7-11-12(13(15)16)19-8-14-11/h3-6,8H,2,7H2,1H3,(H,15,16). The summed E-state index contributed by atoms with van der Waals surface area (Å²) in [5.74, 6) is 0.440. The van der Waals surface area contributed by atoms with Crippen LogP contribution in [0.5, 0.6) is 11.5 Å². The SMILES string of the molecule is CCOc1ccc(OCc2ncsc2C(=O)O)cc1.